The Morgan fingerprint density at radius 3 is 1.75 bits per heavy atom. The van der Waals surface area contributed by atoms with E-state index in [1.807, 2.05) is 0 Å². The standard InChI is InChI=1S/C4H9NO.Ca.H2O/c1-3-6-4-2-5-1;;/h5H,1-4H2;;1H2. The molecule has 46 valence electrons. The third kappa shape index (κ3) is 5.28. The molecular weight excluding hydrogens is 134 g/mol. The maximum atomic E-state index is 5.04. The molecule has 0 spiro atoms. The molecule has 4 heteroatoms. The monoisotopic (exact) mass is 145 g/mol. The molecule has 3 nitrogen and oxygen atoms in total. The van der Waals surface area contributed by atoms with Gasteiger partial charge in [-0.05, 0) is 0 Å². The van der Waals surface area contributed by atoms with Gasteiger partial charge in [0.25, 0.3) is 0 Å². The normalized spacial score (nSPS) is 18.0. The molecule has 3 N–H and O–H groups in total. The molecule has 0 saturated carbocycles. The van der Waals surface area contributed by atoms with Crippen molar-refractivity contribution in [1.82, 2.24) is 0 Å². The van der Waals surface area contributed by atoms with Crippen LogP contribution in [0.15, 0.2) is 0 Å². The zero-order valence-corrected chi connectivity index (χ0v) is 7.18. The van der Waals surface area contributed by atoms with Crippen LogP contribution in [-0.2, 0) is 4.74 Å². The van der Waals surface area contributed by atoms with Gasteiger partial charge in [-0.3, -0.25) is 0 Å². The first kappa shape index (κ1) is 11.9. The molecule has 1 aliphatic rings. The number of ether oxygens (including phenoxy) is 1. The van der Waals surface area contributed by atoms with E-state index >= 15 is 0 Å². The van der Waals surface area contributed by atoms with Gasteiger partial charge in [0.2, 0.25) is 0 Å². The molecule has 1 aliphatic heterocycles. The van der Waals surface area contributed by atoms with E-state index in [1.165, 1.54) is 0 Å². The van der Waals surface area contributed by atoms with Gasteiger partial charge in [0, 0.05) is 37.7 Å². The first-order valence-electron chi connectivity index (χ1n) is 2.39. The van der Waals surface area contributed by atoms with Gasteiger partial charge in [0.15, 0.2) is 0 Å². The fourth-order valence-electron chi connectivity index (χ4n) is 0.580. The summed E-state index contributed by atoms with van der Waals surface area (Å²) in [5.41, 5.74) is 0. The molecule has 0 bridgehead atoms. The van der Waals surface area contributed by atoms with Crippen molar-refractivity contribution in [2.75, 3.05) is 26.3 Å². The Hall–Kier alpha value is 1.14. The van der Waals surface area contributed by atoms with Gasteiger partial charge in [0.1, 0.15) is 0 Å². The van der Waals surface area contributed by atoms with Crippen LogP contribution in [0.2, 0.25) is 0 Å². The smallest absolute Gasteiger partial charge is 0.0993 e. The van der Waals surface area contributed by atoms with Crippen molar-refractivity contribution >= 4 is 37.7 Å². The summed E-state index contributed by atoms with van der Waals surface area (Å²) in [6, 6.07) is 0. The van der Waals surface area contributed by atoms with E-state index in [-0.39, 0.29) is 43.2 Å². The fourth-order valence-corrected chi connectivity index (χ4v) is 0.580. The number of rotatable bonds is 0. The summed E-state index contributed by atoms with van der Waals surface area (Å²) in [7, 11) is 0. The molecule has 0 aromatic carbocycles. The Morgan fingerprint density at radius 1 is 1.12 bits per heavy atom. The number of nitrogens with two attached hydrogens (primary N) is 1. The average Bonchev–Trinajstić information content (AvgIpc) is 1.72. The molecule has 8 heavy (non-hydrogen) atoms. The average molecular weight is 145 g/mol. The molecule has 0 unspecified atom stereocenters. The maximum absolute atomic E-state index is 5.04. The van der Waals surface area contributed by atoms with E-state index < -0.39 is 0 Å². The molecule has 0 aromatic heterocycles. The predicted octanol–water partition coefficient (Wildman–Crippen LogP) is -1.98. The number of hydrogen-bond acceptors (Lipinski definition) is 2. The van der Waals surface area contributed by atoms with Crippen LogP contribution in [0.4, 0.5) is 0 Å². The van der Waals surface area contributed by atoms with Gasteiger partial charge in [-0.25, -0.2) is 0 Å². The van der Waals surface area contributed by atoms with Crippen molar-refractivity contribution in [3.8, 4) is 0 Å². The third-order valence-electron chi connectivity index (χ3n) is 0.933. The number of hydrogen-bond donors (Lipinski definition) is 1. The third-order valence-corrected chi connectivity index (χ3v) is 0.933. The Labute approximate surface area is 79.1 Å². The van der Waals surface area contributed by atoms with Gasteiger partial charge in [0.05, 0.1) is 26.3 Å². The van der Waals surface area contributed by atoms with Crippen LogP contribution in [0.25, 0.3) is 0 Å². The number of morpholine rings is 1. The summed E-state index contributed by atoms with van der Waals surface area (Å²) >= 11 is 0. The van der Waals surface area contributed by atoms with Crippen molar-refractivity contribution < 1.29 is 15.5 Å². The van der Waals surface area contributed by atoms with Gasteiger partial charge < -0.3 is 15.5 Å². The minimum atomic E-state index is 0. The zero-order chi connectivity index (χ0) is 4.24. The maximum Gasteiger partial charge on any atom is 0.0993 e. The second-order valence-electron chi connectivity index (χ2n) is 1.48. The minimum Gasteiger partial charge on any atom is -0.870 e. The summed E-state index contributed by atoms with van der Waals surface area (Å²) in [4.78, 5) is 0. The van der Waals surface area contributed by atoms with E-state index in [4.69, 9.17) is 4.74 Å². The Kier molecular flexibility index (Phi) is 12.1. The van der Waals surface area contributed by atoms with Crippen LogP contribution < -0.4 is 5.32 Å². The summed E-state index contributed by atoms with van der Waals surface area (Å²) in [6.45, 7) is 4.19. The molecule has 0 aliphatic carbocycles. The van der Waals surface area contributed by atoms with Crippen molar-refractivity contribution in [1.29, 1.82) is 0 Å². The molecular formula is C4H11CaNO2. The van der Waals surface area contributed by atoms with E-state index in [0.29, 0.717) is 0 Å². The summed E-state index contributed by atoms with van der Waals surface area (Å²) < 4.78 is 5.04. The van der Waals surface area contributed by atoms with E-state index in [9.17, 15) is 0 Å². The molecule has 1 fully saturated rings. The SMILES string of the molecule is C1COCC[NH2+]1.[Ca].[OH-]. The summed E-state index contributed by atoms with van der Waals surface area (Å²) in [6.07, 6.45) is 0. The second kappa shape index (κ2) is 8.14. The van der Waals surface area contributed by atoms with Crippen molar-refractivity contribution in [3.05, 3.63) is 0 Å². The van der Waals surface area contributed by atoms with E-state index in [0.717, 1.165) is 26.3 Å². The van der Waals surface area contributed by atoms with Crippen LogP contribution in [-0.4, -0.2) is 69.5 Å². The van der Waals surface area contributed by atoms with Gasteiger partial charge in [-0.1, -0.05) is 0 Å². The topological polar surface area (TPSA) is 55.8 Å². The quantitative estimate of drug-likeness (QED) is 0.402. The molecule has 0 aromatic rings. The second-order valence-corrected chi connectivity index (χ2v) is 1.48. The zero-order valence-electron chi connectivity index (χ0n) is 4.97. The minimum absolute atomic E-state index is 0. The van der Waals surface area contributed by atoms with Crippen LogP contribution in [0.5, 0.6) is 0 Å². The summed E-state index contributed by atoms with van der Waals surface area (Å²) in [5, 5.41) is 2.27. The first-order chi connectivity index (χ1) is 3.00. The molecule has 1 rings (SSSR count). The van der Waals surface area contributed by atoms with Gasteiger partial charge in [-0.15, -0.1) is 0 Å². The Balaban J connectivity index is 0. The Bertz CT molecular complexity index is 29.5. The van der Waals surface area contributed by atoms with Crippen molar-refractivity contribution in [2.45, 2.75) is 0 Å². The van der Waals surface area contributed by atoms with Crippen LogP contribution in [0, 0.1) is 0 Å². The van der Waals surface area contributed by atoms with Gasteiger partial charge in [-0.2, -0.15) is 0 Å². The van der Waals surface area contributed by atoms with Crippen LogP contribution in [0.1, 0.15) is 0 Å². The van der Waals surface area contributed by atoms with Crippen molar-refractivity contribution in [2.24, 2.45) is 0 Å². The molecule has 1 heterocycles. The molecule has 0 atom stereocenters. The molecule has 2 radical (unpaired) electrons. The molecule has 1 saturated heterocycles. The largest absolute Gasteiger partial charge is 0.870 e. The Morgan fingerprint density at radius 2 is 1.62 bits per heavy atom. The van der Waals surface area contributed by atoms with E-state index in [2.05, 4.69) is 5.32 Å². The fraction of sp³-hybridized carbons (Fsp3) is 1.00. The van der Waals surface area contributed by atoms with E-state index in [1.54, 1.807) is 0 Å². The molecule has 0 amide bonds. The predicted molar refractivity (Wildman–Crippen MR) is 30.2 cm³/mol. The van der Waals surface area contributed by atoms with Crippen molar-refractivity contribution in [3.63, 3.8) is 0 Å². The van der Waals surface area contributed by atoms with Crippen LogP contribution in [0.3, 0.4) is 0 Å². The van der Waals surface area contributed by atoms with Crippen LogP contribution >= 0.6 is 0 Å². The van der Waals surface area contributed by atoms with Gasteiger partial charge >= 0.3 is 0 Å². The first-order valence-corrected chi connectivity index (χ1v) is 2.39. The summed E-state index contributed by atoms with van der Waals surface area (Å²) in [5.74, 6) is 0. The number of quaternary nitrogens is 1.